The van der Waals surface area contributed by atoms with Crippen LogP contribution in [-0.2, 0) is 16.4 Å². The second kappa shape index (κ2) is 8.43. The molecule has 1 aromatic heterocycles. The summed E-state index contributed by atoms with van der Waals surface area (Å²) in [7, 11) is -1.65. The highest BCUT2D eigenvalue weighted by Crippen LogP contribution is 2.25. The van der Waals surface area contributed by atoms with E-state index in [9.17, 15) is 18.0 Å². The lowest BCUT2D eigenvalue weighted by molar-refractivity contribution is 0.0648. The van der Waals surface area contributed by atoms with E-state index in [1.54, 1.807) is 25.3 Å². The van der Waals surface area contributed by atoms with Gasteiger partial charge in [-0.05, 0) is 55.2 Å². The van der Waals surface area contributed by atoms with E-state index >= 15 is 0 Å². The Kier molecular flexibility index (Phi) is 5.81. The summed E-state index contributed by atoms with van der Waals surface area (Å²) in [5, 5.41) is 0.442. The minimum atomic E-state index is -3.22. The van der Waals surface area contributed by atoms with E-state index < -0.39 is 21.8 Å². The molecule has 8 heteroatoms. The highest BCUT2D eigenvalue weighted by Gasteiger charge is 2.36. The highest BCUT2D eigenvalue weighted by molar-refractivity contribution is 7.91. The first kappa shape index (κ1) is 22.1. The molecule has 0 aliphatic carbocycles. The lowest BCUT2D eigenvalue weighted by Gasteiger charge is -2.28. The Morgan fingerprint density at radius 3 is 2.50 bits per heavy atom. The van der Waals surface area contributed by atoms with Crippen LogP contribution in [0.1, 0.15) is 33.7 Å². The molecule has 32 heavy (non-hydrogen) atoms. The number of hydrogen-bond acceptors (Lipinski definition) is 6. The van der Waals surface area contributed by atoms with Gasteiger partial charge in [-0.3, -0.25) is 9.59 Å². The van der Waals surface area contributed by atoms with Gasteiger partial charge in [0.1, 0.15) is 11.3 Å². The molecule has 1 atom stereocenters. The van der Waals surface area contributed by atoms with Crippen LogP contribution >= 0.6 is 0 Å². The molecule has 1 aliphatic rings. The standard InChI is InChI=1S/C24H25NO6S/c1-15-10-16(2)23-20(26)12-22(31-21(23)11-15)24(27)25(18-8-9-32(28,29)14-18)13-17-4-6-19(30-3)7-5-17/h4-7,10-12,18H,8-9,13-14H2,1-3H3/t18-/m0/s1. The molecule has 2 aromatic carbocycles. The molecule has 0 N–H and O–H groups in total. The monoisotopic (exact) mass is 455 g/mol. The van der Waals surface area contributed by atoms with E-state index in [2.05, 4.69) is 0 Å². The van der Waals surface area contributed by atoms with E-state index in [1.807, 2.05) is 32.0 Å². The van der Waals surface area contributed by atoms with Crippen molar-refractivity contribution in [1.29, 1.82) is 0 Å². The van der Waals surface area contributed by atoms with Gasteiger partial charge in [0, 0.05) is 18.7 Å². The van der Waals surface area contributed by atoms with Crippen molar-refractivity contribution in [2.45, 2.75) is 32.9 Å². The SMILES string of the molecule is COc1ccc(CN(C(=O)c2cc(=O)c3c(C)cc(C)cc3o2)[C@H]2CCS(=O)(=O)C2)cc1. The predicted octanol–water partition coefficient (Wildman–Crippen LogP) is 3.25. The fourth-order valence-electron chi connectivity index (χ4n) is 4.23. The Morgan fingerprint density at radius 1 is 1.16 bits per heavy atom. The van der Waals surface area contributed by atoms with Crippen molar-refractivity contribution in [3.05, 3.63) is 75.1 Å². The van der Waals surface area contributed by atoms with E-state index in [0.29, 0.717) is 23.1 Å². The van der Waals surface area contributed by atoms with Crippen LogP contribution in [0.3, 0.4) is 0 Å². The summed E-state index contributed by atoms with van der Waals surface area (Å²) in [6.45, 7) is 3.91. The maximum Gasteiger partial charge on any atom is 0.290 e. The minimum absolute atomic E-state index is 0.0319. The van der Waals surface area contributed by atoms with Crippen molar-refractivity contribution in [2.24, 2.45) is 0 Å². The fourth-order valence-corrected chi connectivity index (χ4v) is 5.96. The summed E-state index contributed by atoms with van der Waals surface area (Å²) < 4.78 is 35.3. The first-order valence-corrected chi connectivity index (χ1v) is 12.2. The summed E-state index contributed by atoms with van der Waals surface area (Å²) in [5.74, 6) is 0.0161. The van der Waals surface area contributed by atoms with Gasteiger partial charge in [0.15, 0.2) is 21.0 Å². The van der Waals surface area contributed by atoms with Gasteiger partial charge in [0.25, 0.3) is 5.91 Å². The second-order valence-corrected chi connectivity index (χ2v) is 10.5. The topological polar surface area (TPSA) is 93.9 Å². The molecule has 1 saturated heterocycles. The number of sulfone groups is 1. The average molecular weight is 456 g/mol. The van der Waals surface area contributed by atoms with Gasteiger partial charge in [0.2, 0.25) is 0 Å². The zero-order chi connectivity index (χ0) is 23.0. The molecule has 0 bridgehead atoms. The molecule has 3 aromatic rings. The second-order valence-electron chi connectivity index (χ2n) is 8.27. The number of benzene rings is 2. The van der Waals surface area contributed by atoms with Gasteiger partial charge in [-0.25, -0.2) is 8.42 Å². The first-order chi connectivity index (χ1) is 15.2. The summed E-state index contributed by atoms with van der Waals surface area (Å²) in [6, 6.07) is 11.6. The van der Waals surface area contributed by atoms with Crippen LogP contribution in [0, 0.1) is 13.8 Å². The number of hydrogen-bond donors (Lipinski definition) is 0. The van der Waals surface area contributed by atoms with E-state index in [1.165, 1.54) is 11.0 Å². The maximum absolute atomic E-state index is 13.5. The number of nitrogens with zero attached hydrogens (tertiary/aromatic N) is 1. The minimum Gasteiger partial charge on any atom is -0.497 e. The summed E-state index contributed by atoms with van der Waals surface area (Å²) >= 11 is 0. The van der Waals surface area contributed by atoms with Gasteiger partial charge in [-0.15, -0.1) is 0 Å². The molecule has 0 radical (unpaired) electrons. The normalized spacial score (nSPS) is 17.4. The highest BCUT2D eigenvalue weighted by atomic mass is 32.2. The molecule has 0 saturated carbocycles. The number of carbonyl (C=O) groups is 1. The molecule has 168 valence electrons. The molecular formula is C24H25NO6S. The Balaban J connectivity index is 1.74. The Hall–Kier alpha value is -3.13. The van der Waals surface area contributed by atoms with Crippen LogP contribution < -0.4 is 10.2 Å². The van der Waals surface area contributed by atoms with Gasteiger partial charge < -0.3 is 14.1 Å². The number of fused-ring (bicyclic) bond motifs is 1. The van der Waals surface area contributed by atoms with Crippen molar-refractivity contribution in [1.82, 2.24) is 4.90 Å². The number of methoxy groups -OCH3 is 1. The van der Waals surface area contributed by atoms with Crippen molar-refractivity contribution in [3.63, 3.8) is 0 Å². The number of carbonyl (C=O) groups excluding carboxylic acids is 1. The molecule has 1 amide bonds. The van der Waals surface area contributed by atoms with E-state index in [-0.39, 0.29) is 29.2 Å². The molecule has 1 aliphatic heterocycles. The molecular weight excluding hydrogens is 430 g/mol. The lowest BCUT2D eigenvalue weighted by Crippen LogP contribution is -2.40. The number of amides is 1. The van der Waals surface area contributed by atoms with E-state index in [0.717, 1.165) is 16.7 Å². The van der Waals surface area contributed by atoms with Gasteiger partial charge >= 0.3 is 0 Å². The smallest absolute Gasteiger partial charge is 0.290 e. The van der Waals surface area contributed by atoms with Crippen LogP contribution in [0.15, 0.2) is 51.7 Å². The summed E-state index contributed by atoms with van der Waals surface area (Å²) in [5.41, 5.74) is 2.57. The molecule has 4 rings (SSSR count). The van der Waals surface area contributed by atoms with Crippen molar-refractivity contribution >= 4 is 26.7 Å². The molecule has 7 nitrogen and oxygen atoms in total. The Bertz CT molecular complexity index is 1340. The van der Waals surface area contributed by atoms with Crippen LogP contribution in [0.25, 0.3) is 11.0 Å². The van der Waals surface area contributed by atoms with E-state index in [4.69, 9.17) is 9.15 Å². The van der Waals surface area contributed by atoms with Crippen LogP contribution in [0.4, 0.5) is 0 Å². The predicted molar refractivity (Wildman–Crippen MR) is 122 cm³/mol. The van der Waals surface area contributed by atoms with Crippen molar-refractivity contribution in [3.8, 4) is 5.75 Å². The van der Waals surface area contributed by atoms with Crippen LogP contribution in [0.2, 0.25) is 0 Å². The van der Waals surface area contributed by atoms with Crippen molar-refractivity contribution < 1.29 is 22.4 Å². The number of aryl methyl sites for hydroxylation is 2. The Morgan fingerprint density at radius 2 is 1.88 bits per heavy atom. The zero-order valence-electron chi connectivity index (χ0n) is 18.3. The maximum atomic E-state index is 13.5. The lowest BCUT2D eigenvalue weighted by atomic mass is 10.1. The Labute approximate surface area is 186 Å². The van der Waals surface area contributed by atoms with Crippen molar-refractivity contribution in [2.75, 3.05) is 18.6 Å². The van der Waals surface area contributed by atoms with Gasteiger partial charge in [-0.2, -0.15) is 0 Å². The zero-order valence-corrected chi connectivity index (χ0v) is 19.1. The summed E-state index contributed by atoms with van der Waals surface area (Å²) in [4.78, 5) is 27.8. The third-order valence-corrected chi connectivity index (χ3v) is 7.56. The third-order valence-electron chi connectivity index (χ3n) is 5.80. The fraction of sp³-hybridized carbons (Fsp3) is 0.333. The number of ether oxygens (including phenoxy) is 1. The summed E-state index contributed by atoms with van der Waals surface area (Å²) in [6.07, 6.45) is 0.347. The van der Waals surface area contributed by atoms with Crippen LogP contribution in [0.5, 0.6) is 5.75 Å². The van der Waals surface area contributed by atoms with Gasteiger partial charge in [-0.1, -0.05) is 18.2 Å². The molecule has 0 spiro atoms. The number of rotatable bonds is 5. The third kappa shape index (κ3) is 4.41. The first-order valence-electron chi connectivity index (χ1n) is 10.4. The van der Waals surface area contributed by atoms with Crippen LogP contribution in [-0.4, -0.2) is 43.9 Å². The quantitative estimate of drug-likeness (QED) is 0.586. The van der Waals surface area contributed by atoms with Gasteiger partial charge in [0.05, 0.1) is 24.0 Å². The molecule has 0 unspecified atom stereocenters. The molecule has 2 heterocycles. The largest absolute Gasteiger partial charge is 0.497 e. The average Bonchev–Trinajstić information content (AvgIpc) is 3.10. The molecule has 1 fully saturated rings.